The van der Waals surface area contributed by atoms with E-state index in [2.05, 4.69) is 28.5 Å². The maximum atomic E-state index is 13.9. The number of halogens is 4. The van der Waals surface area contributed by atoms with E-state index in [4.69, 9.17) is 17.3 Å². The number of nitrogens with two attached hydrogens (primary N) is 1. The molecular formula is C22H20ClF3N4. The molecule has 156 valence electrons. The third-order valence-electron chi connectivity index (χ3n) is 3.89. The van der Waals surface area contributed by atoms with E-state index in [-0.39, 0.29) is 22.1 Å². The Morgan fingerprint density at radius 2 is 1.80 bits per heavy atom. The predicted octanol–water partition coefficient (Wildman–Crippen LogP) is 5.76. The highest BCUT2D eigenvalue weighted by atomic mass is 35.5. The van der Waals surface area contributed by atoms with E-state index < -0.39 is 17.5 Å². The average Bonchev–Trinajstić information content (AvgIpc) is 2.67. The molecule has 2 rings (SSSR count). The number of aliphatic imine (C=N–C) groups is 2. The summed E-state index contributed by atoms with van der Waals surface area (Å²) >= 11 is 5.76. The van der Waals surface area contributed by atoms with Gasteiger partial charge in [0.2, 0.25) is 0 Å². The van der Waals surface area contributed by atoms with Crippen molar-refractivity contribution in [2.45, 2.75) is 6.18 Å². The van der Waals surface area contributed by atoms with Gasteiger partial charge >= 0.3 is 6.18 Å². The van der Waals surface area contributed by atoms with Gasteiger partial charge in [-0.05, 0) is 17.5 Å². The smallest absolute Gasteiger partial charge is 0.404 e. The number of alkyl halides is 3. The van der Waals surface area contributed by atoms with Gasteiger partial charge in [0.1, 0.15) is 0 Å². The lowest BCUT2D eigenvalue weighted by atomic mass is 10.1. The highest BCUT2D eigenvalue weighted by molar-refractivity contribution is 6.31. The van der Waals surface area contributed by atoms with E-state index in [1.807, 2.05) is 0 Å². The van der Waals surface area contributed by atoms with Crippen LogP contribution in [0, 0.1) is 0 Å². The number of hydrogen-bond donors (Lipinski definition) is 2. The largest absolute Gasteiger partial charge is 0.434 e. The van der Waals surface area contributed by atoms with E-state index in [0.29, 0.717) is 5.39 Å². The van der Waals surface area contributed by atoms with Gasteiger partial charge in [0, 0.05) is 41.2 Å². The topological polar surface area (TPSA) is 62.8 Å². The standard InChI is InChI=1S/C22H20ClF3N4/c1-14(23)11-17(13-28-3)29-15(2)19(12-27)21(22(24,25)26)30-20-10-6-8-16-7-4-5-9-18(16)20/h4-13,29H,1-2,27H2,3H3/b17-11+,19-12?,28-13?,30-21?. The molecule has 0 heterocycles. The number of fused-ring (bicyclic) bond motifs is 1. The van der Waals surface area contributed by atoms with Crippen LogP contribution < -0.4 is 11.1 Å². The van der Waals surface area contributed by atoms with E-state index in [1.54, 1.807) is 36.4 Å². The summed E-state index contributed by atoms with van der Waals surface area (Å²) in [5.74, 6) is 0. The van der Waals surface area contributed by atoms with E-state index in [0.717, 1.165) is 11.6 Å². The molecule has 0 unspecified atom stereocenters. The van der Waals surface area contributed by atoms with Crippen LogP contribution in [0.15, 0.2) is 99.9 Å². The number of benzene rings is 2. The Morgan fingerprint density at radius 1 is 1.13 bits per heavy atom. The van der Waals surface area contributed by atoms with Gasteiger partial charge in [-0.15, -0.1) is 0 Å². The van der Waals surface area contributed by atoms with Crippen LogP contribution in [-0.2, 0) is 0 Å². The highest BCUT2D eigenvalue weighted by Gasteiger charge is 2.39. The molecule has 0 aliphatic carbocycles. The molecule has 8 heteroatoms. The first kappa shape index (κ1) is 23.0. The average molecular weight is 433 g/mol. The van der Waals surface area contributed by atoms with Gasteiger partial charge in [-0.2, -0.15) is 13.2 Å². The van der Waals surface area contributed by atoms with Crippen LogP contribution in [0.4, 0.5) is 18.9 Å². The Kier molecular flexibility index (Phi) is 7.60. The molecule has 30 heavy (non-hydrogen) atoms. The van der Waals surface area contributed by atoms with Crippen molar-refractivity contribution in [3.63, 3.8) is 0 Å². The van der Waals surface area contributed by atoms with Crippen LogP contribution in [0.25, 0.3) is 10.8 Å². The second-order valence-corrected chi connectivity index (χ2v) is 6.56. The van der Waals surface area contributed by atoms with Crippen LogP contribution in [0.5, 0.6) is 0 Å². The molecule has 0 fully saturated rings. The maximum Gasteiger partial charge on any atom is 0.434 e. The number of allylic oxidation sites excluding steroid dienone is 4. The van der Waals surface area contributed by atoms with Gasteiger partial charge in [-0.25, -0.2) is 4.99 Å². The summed E-state index contributed by atoms with van der Waals surface area (Å²) in [7, 11) is 1.50. The first-order valence-corrected chi connectivity index (χ1v) is 9.05. The van der Waals surface area contributed by atoms with Crippen LogP contribution in [0.2, 0.25) is 0 Å². The lowest BCUT2D eigenvalue weighted by Gasteiger charge is -2.18. The monoisotopic (exact) mass is 432 g/mol. The van der Waals surface area contributed by atoms with E-state index in [1.165, 1.54) is 25.4 Å². The van der Waals surface area contributed by atoms with Crippen LogP contribution in [0.1, 0.15) is 0 Å². The third-order valence-corrected chi connectivity index (χ3v) is 4.00. The summed E-state index contributed by atoms with van der Waals surface area (Å²) in [6.45, 7) is 7.20. The zero-order valence-corrected chi connectivity index (χ0v) is 16.9. The predicted molar refractivity (Wildman–Crippen MR) is 119 cm³/mol. The molecule has 4 nitrogen and oxygen atoms in total. The maximum absolute atomic E-state index is 13.9. The Labute approximate surface area is 177 Å². The van der Waals surface area contributed by atoms with Crippen molar-refractivity contribution >= 4 is 40.0 Å². The summed E-state index contributed by atoms with van der Waals surface area (Å²) in [4.78, 5) is 7.73. The van der Waals surface area contributed by atoms with Crippen molar-refractivity contribution in [3.8, 4) is 0 Å². The highest BCUT2D eigenvalue weighted by Crippen LogP contribution is 2.31. The second-order valence-electron chi connectivity index (χ2n) is 6.07. The van der Waals surface area contributed by atoms with Gasteiger partial charge in [-0.3, -0.25) is 4.99 Å². The third kappa shape index (κ3) is 5.84. The molecule has 0 amide bonds. The molecule has 3 N–H and O–H groups in total. The Balaban J connectivity index is 2.55. The number of rotatable bonds is 7. The molecule has 0 spiro atoms. The first-order valence-electron chi connectivity index (χ1n) is 8.68. The van der Waals surface area contributed by atoms with Crippen molar-refractivity contribution in [1.82, 2.24) is 5.32 Å². The summed E-state index contributed by atoms with van der Waals surface area (Å²) in [5, 5.41) is 4.22. The minimum absolute atomic E-state index is 0.127. The molecule has 0 atom stereocenters. The normalized spacial score (nSPS) is 13.7. The first-order chi connectivity index (χ1) is 14.2. The van der Waals surface area contributed by atoms with Crippen LogP contribution in [-0.4, -0.2) is 25.2 Å². The minimum atomic E-state index is -4.79. The van der Waals surface area contributed by atoms with Crippen molar-refractivity contribution in [1.29, 1.82) is 0 Å². The SMILES string of the molecule is C=C(Cl)/C=C(\C=NC)NC(=C)C(=CN)C(=Nc1cccc2ccccc12)C(F)(F)F. The van der Waals surface area contributed by atoms with E-state index >= 15 is 0 Å². The fourth-order valence-corrected chi connectivity index (χ4v) is 2.80. The Morgan fingerprint density at radius 3 is 2.40 bits per heavy atom. The molecule has 2 aromatic rings. The summed E-state index contributed by atoms with van der Waals surface area (Å²) in [5.41, 5.74) is 4.27. The molecule has 0 aliphatic rings. The molecule has 2 aromatic carbocycles. The van der Waals surface area contributed by atoms with Gasteiger partial charge < -0.3 is 11.1 Å². The number of nitrogens with one attached hydrogen (secondary N) is 1. The summed E-state index contributed by atoms with van der Waals surface area (Å²) < 4.78 is 41.8. The summed E-state index contributed by atoms with van der Waals surface area (Å²) in [6, 6.07) is 12.0. The van der Waals surface area contributed by atoms with Gasteiger partial charge in [-0.1, -0.05) is 61.2 Å². The quantitative estimate of drug-likeness (QED) is 0.431. The zero-order valence-electron chi connectivity index (χ0n) is 16.2. The van der Waals surface area contributed by atoms with Gasteiger partial charge in [0.15, 0.2) is 5.71 Å². The zero-order chi connectivity index (χ0) is 22.3. The van der Waals surface area contributed by atoms with E-state index in [9.17, 15) is 13.2 Å². The molecule has 0 aromatic heterocycles. The second kappa shape index (κ2) is 9.93. The molecule has 0 radical (unpaired) electrons. The fourth-order valence-electron chi connectivity index (χ4n) is 2.68. The molecule has 0 saturated carbocycles. The number of nitrogens with zero attached hydrogens (tertiary/aromatic N) is 2. The van der Waals surface area contributed by atoms with Crippen molar-refractivity contribution in [2.75, 3.05) is 7.05 Å². The summed E-state index contributed by atoms with van der Waals surface area (Å²) in [6.07, 6.45) is -1.22. The van der Waals surface area contributed by atoms with Crippen LogP contribution in [0.3, 0.4) is 0 Å². The number of hydrogen-bond acceptors (Lipinski definition) is 4. The minimum Gasteiger partial charge on any atom is -0.404 e. The lowest BCUT2D eigenvalue weighted by Crippen LogP contribution is -2.29. The molecule has 0 saturated heterocycles. The van der Waals surface area contributed by atoms with Gasteiger partial charge in [0.05, 0.1) is 11.4 Å². The Bertz CT molecular complexity index is 1070. The van der Waals surface area contributed by atoms with Crippen molar-refractivity contribution in [2.24, 2.45) is 15.7 Å². The fraction of sp³-hybridized carbons (Fsp3) is 0.0909. The molecule has 0 bridgehead atoms. The lowest BCUT2D eigenvalue weighted by molar-refractivity contribution is -0.0581. The Hall–Kier alpha value is -3.32. The molecule has 0 aliphatic heterocycles. The van der Waals surface area contributed by atoms with Crippen LogP contribution >= 0.6 is 11.6 Å². The van der Waals surface area contributed by atoms with Gasteiger partial charge in [0.25, 0.3) is 0 Å². The van der Waals surface area contributed by atoms with Crippen molar-refractivity contribution < 1.29 is 13.2 Å². The molecular weight excluding hydrogens is 413 g/mol. The van der Waals surface area contributed by atoms with Crippen molar-refractivity contribution in [3.05, 3.63) is 89.9 Å².